The van der Waals surface area contributed by atoms with Crippen LogP contribution in [-0.4, -0.2) is 29.1 Å². The summed E-state index contributed by atoms with van der Waals surface area (Å²) < 4.78 is 43.0. The van der Waals surface area contributed by atoms with Gasteiger partial charge in [-0.15, -0.1) is 0 Å². The minimum atomic E-state index is -4.39. The van der Waals surface area contributed by atoms with E-state index in [0.29, 0.717) is 44.1 Å². The van der Waals surface area contributed by atoms with Crippen molar-refractivity contribution in [1.82, 2.24) is 15.5 Å². The highest BCUT2D eigenvalue weighted by atomic mass is 19.4. The van der Waals surface area contributed by atoms with Crippen LogP contribution in [0.1, 0.15) is 36.8 Å². The van der Waals surface area contributed by atoms with E-state index in [-0.39, 0.29) is 11.8 Å². The maximum Gasteiger partial charge on any atom is 0.417 e. The van der Waals surface area contributed by atoms with Crippen molar-refractivity contribution in [2.45, 2.75) is 38.9 Å². The van der Waals surface area contributed by atoms with Gasteiger partial charge in [-0.2, -0.15) is 13.2 Å². The number of nitrogens with zero attached hydrogens (tertiary/aromatic N) is 3. The van der Waals surface area contributed by atoms with E-state index < -0.39 is 11.7 Å². The number of rotatable bonds is 5. The molecule has 0 atom stereocenters. The zero-order valence-electron chi connectivity index (χ0n) is 14.9. The van der Waals surface area contributed by atoms with Gasteiger partial charge in [-0.1, -0.05) is 12.1 Å². The smallest absolute Gasteiger partial charge is 0.359 e. The first-order valence-corrected chi connectivity index (χ1v) is 8.87. The van der Waals surface area contributed by atoms with Crippen LogP contribution < -0.4 is 10.2 Å². The summed E-state index contributed by atoms with van der Waals surface area (Å²) in [5.41, 5.74) is 0.0794. The van der Waals surface area contributed by atoms with Crippen molar-refractivity contribution in [3.8, 4) is 0 Å². The van der Waals surface area contributed by atoms with Crippen molar-refractivity contribution in [2.24, 2.45) is 5.92 Å². The number of aryl methyl sites for hydroxylation is 1. The number of aromatic nitrogens is 2. The molecule has 6 nitrogen and oxygen atoms in total. The number of amides is 1. The van der Waals surface area contributed by atoms with E-state index in [1.807, 2.05) is 17.9 Å². The summed E-state index contributed by atoms with van der Waals surface area (Å²) in [6.45, 7) is 3.41. The lowest BCUT2D eigenvalue weighted by atomic mass is 9.96. The fraction of sp³-hybridized carbons (Fsp3) is 0.500. The Bertz CT molecular complexity index is 766. The van der Waals surface area contributed by atoms with Gasteiger partial charge in [0.1, 0.15) is 5.82 Å². The van der Waals surface area contributed by atoms with Crippen molar-refractivity contribution in [3.63, 3.8) is 0 Å². The van der Waals surface area contributed by atoms with E-state index >= 15 is 0 Å². The first-order chi connectivity index (χ1) is 12.9. The predicted octanol–water partition coefficient (Wildman–Crippen LogP) is 3.18. The summed E-state index contributed by atoms with van der Waals surface area (Å²) in [6, 6.07) is 4.22. The lowest BCUT2D eigenvalue weighted by Crippen LogP contribution is -2.40. The molecule has 0 bridgehead atoms. The Kier molecular flexibility index (Phi) is 5.67. The van der Waals surface area contributed by atoms with Crippen LogP contribution in [0.15, 0.2) is 28.9 Å². The van der Waals surface area contributed by atoms with Crippen molar-refractivity contribution in [2.75, 3.05) is 18.0 Å². The van der Waals surface area contributed by atoms with E-state index in [1.54, 1.807) is 0 Å². The van der Waals surface area contributed by atoms with Crippen LogP contribution in [0.4, 0.5) is 19.0 Å². The average Bonchev–Trinajstić information content (AvgIpc) is 3.14. The second-order valence-electron chi connectivity index (χ2n) is 6.52. The predicted molar refractivity (Wildman–Crippen MR) is 91.9 cm³/mol. The van der Waals surface area contributed by atoms with Crippen LogP contribution in [0.2, 0.25) is 0 Å². The quantitative estimate of drug-likeness (QED) is 0.860. The Morgan fingerprint density at radius 2 is 2.07 bits per heavy atom. The summed E-state index contributed by atoms with van der Waals surface area (Å²) >= 11 is 0. The summed E-state index contributed by atoms with van der Waals surface area (Å²) in [5.74, 6) is 0.927. The van der Waals surface area contributed by atoms with Gasteiger partial charge in [0.25, 0.3) is 0 Å². The molecule has 1 saturated heterocycles. The minimum absolute atomic E-state index is 0.0514. The van der Waals surface area contributed by atoms with E-state index in [0.717, 1.165) is 24.4 Å². The largest absolute Gasteiger partial charge is 0.417 e. The molecule has 3 heterocycles. The fourth-order valence-corrected chi connectivity index (χ4v) is 3.04. The monoisotopic (exact) mass is 382 g/mol. The molecule has 0 radical (unpaired) electrons. The Morgan fingerprint density at radius 3 is 2.63 bits per heavy atom. The van der Waals surface area contributed by atoms with Crippen molar-refractivity contribution >= 4 is 11.7 Å². The summed E-state index contributed by atoms with van der Waals surface area (Å²) in [4.78, 5) is 18.1. The fourth-order valence-electron chi connectivity index (χ4n) is 3.04. The number of pyridine rings is 1. The molecule has 1 aliphatic heterocycles. The van der Waals surface area contributed by atoms with Crippen LogP contribution >= 0.6 is 0 Å². The van der Waals surface area contributed by atoms with Crippen LogP contribution in [0.25, 0.3) is 0 Å². The van der Waals surface area contributed by atoms with E-state index in [9.17, 15) is 18.0 Å². The van der Waals surface area contributed by atoms with E-state index in [1.165, 1.54) is 6.07 Å². The van der Waals surface area contributed by atoms with Crippen LogP contribution in [0, 0.1) is 5.92 Å². The van der Waals surface area contributed by atoms with E-state index in [4.69, 9.17) is 4.52 Å². The van der Waals surface area contributed by atoms with Gasteiger partial charge in [0.2, 0.25) is 5.91 Å². The third kappa shape index (κ3) is 4.78. The molecule has 2 aromatic rings. The van der Waals surface area contributed by atoms with Crippen LogP contribution in [0.3, 0.4) is 0 Å². The van der Waals surface area contributed by atoms with Crippen LogP contribution in [0.5, 0.6) is 0 Å². The first kappa shape index (κ1) is 19.2. The van der Waals surface area contributed by atoms with Crippen LogP contribution in [-0.2, 0) is 23.9 Å². The number of hydrogen-bond donors (Lipinski definition) is 1. The number of carbonyl (C=O) groups excluding carboxylic acids is 1. The first-order valence-electron chi connectivity index (χ1n) is 8.87. The number of halogens is 3. The van der Waals surface area contributed by atoms with E-state index in [2.05, 4.69) is 15.5 Å². The standard InChI is InChI=1S/C18H21F3N4O2/c1-2-14-9-15(27-24-14)11-23-17(26)12-5-7-25(8-6-12)16-4-3-13(10-22-16)18(19,20)21/h3-4,9-10,12H,2,5-8,11H2,1H3,(H,23,26). The Morgan fingerprint density at radius 1 is 1.33 bits per heavy atom. The molecular weight excluding hydrogens is 361 g/mol. The number of nitrogens with one attached hydrogen (secondary N) is 1. The Hall–Kier alpha value is -2.58. The molecule has 0 spiro atoms. The highest BCUT2D eigenvalue weighted by Gasteiger charge is 2.31. The molecule has 1 N–H and O–H groups in total. The Labute approximate surface area is 154 Å². The number of anilines is 1. The number of hydrogen-bond acceptors (Lipinski definition) is 5. The second kappa shape index (κ2) is 7.98. The average molecular weight is 382 g/mol. The molecule has 1 amide bonds. The molecule has 0 unspecified atom stereocenters. The minimum Gasteiger partial charge on any atom is -0.359 e. The maximum absolute atomic E-state index is 12.6. The third-order valence-corrected chi connectivity index (χ3v) is 4.67. The van der Waals surface area contributed by atoms with Crippen molar-refractivity contribution < 1.29 is 22.5 Å². The third-order valence-electron chi connectivity index (χ3n) is 4.67. The zero-order chi connectivity index (χ0) is 19.4. The molecule has 0 aliphatic carbocycles. The Balaban J connectivity index is 1.48. The van der Waals surface area contributed by atoms with Gasteiger partial charge in [-0.05, 0) is 31.4 Å². The number of piperidine rings is 1. The summed E-state index contributed by atoms with van der Waals surface area (Å²) in [6.07, 6.45) is -1.54. The zero-order valence-corrected chi connectivity index (χ0v) is 14.9. The second-order valence-corrected chi connectivity index (χ2v) is 6.52. The number of carbonyl (C=O) groups is 1. The van der Waals surface area contributed by atoms with Gasteiger partial charge in [0.15, 0.2) is 5.76 Å². The maximum atomic E-state index is 12.6. The summed E-state index contributed by atoms with van der Waals surface area (Å²) in [7, 11) is 0. The highest BCUT2D eigenvalue weighted by molar-refractivity contribution is 5.78. The molecule has 146 valence electrons. The molecule has 2 aromatic heterocycles. The lowest BCUT2D eigenvalue weighted by Gasteiger charge is -2.32. The van der Waals surface area contributed by atoms with Gasteiger partial charge >= 0.3 is 6.18 Å². The molecule has 0 saturated carbocycles. The molecule has 9 heteroatoms. The molecule has 27 heavy (non-hydrogen) atoms. The molecular formula is C18H21F3N4O2. The normalized spacial score (nSPS) is 15.8. The van der Waals surface area contributed by atoms with Gasteiger partial charge in [-0.25, -0.2) is 4.98 Å². The van der Waals surface area contributed by atoms with Gasteiger partial charge in [0.05, 0.1) is 17.8 Å². The van der Waals surface area contributed by atoms with Gasteiger partial charge in [-0.3, -0.25) is 4.79 Å². The molecule has 1 aliphatic rings. The van der Waals surface area contributed by atoms with Crippen molar-refractivity contribution in [3.05, 3.63) is 41.4 Å². The SMILES string of the molecule is CCc1cc(CNC(=O)C2CCN(c3ccc(C(F)(F)F)cn3)CC2)on1. The molecule has 0 aromatic carbocycles. The number of alkyl halides is 3. The van der Waals surface area contributed by atoms with Gasteiger partial charge in [0, 0.05) is 31.3 Å². The van der Waals surface area contributed by atoms with Crippen molar-refractivity contribution in [1.29, 1.82) is 0 Å². The highest BCUT2D eigenvalue weighted by Crippen LogP contribution is 2.30. The van der Waals surface area contributed by atoms with Gasteiger partial charge < -0.3 is 14.7 Å². The molecule has 3 rings (SSSR count). The lowest BCUT2D eigenvalue weighted by molar-refractivity contribution is -0.137. The topological polar surface area (TPSA) is 71.3 Å². The summed E-state index contributed by atoms with van der Waals surface area (Å²) in [5, 5.41) is 6.73. The molecule has 1 fully saturated rings.